The second-order valence-electron chi connectivity index (χ2n) is 6.12. The maximum atomic E-state index is 6.03. The first-order chi connectivity index (χ1) is 13.4. The fraction of sp³-hybridized carbons (Fsp3) is 0.0476. The maximum absolute atomic E-state index is 6.03. The van der Waals surface area contributed by atoms with E-state index in [0.717, 1.165) is 33.6 Å². The van der Waals surface area contributed by atoms with E-state index in [4.69, 9.17) is 9.72 Å². The Kier molecular flexibility index (Phi) is 3.72. The van der Waals surface area contributed by atoms with E-state index in [1.165, 1.54) is 0 Å². The summed E-state index contributed by atoms with van der Waals surface area (Å²) < 4.78 is 7.96. The summed E-state index contributed by atoms with van der Waals surface area (Å²) in [5.74, 6) is 1.44. The van der Waals surface area contributed by atoms with Gasteiger partial charge in [-0.05, 0) is 42.0 Å². The Morgan fingerprint density at radius 2 is 1.78 bits per heavy atom. The zero-order chi connectivity index (χ0) is 18.1. The van der Waals surface area contributed by atoms with Crippen molar-refractivity contribution in [1.29, 1.82) is 0 Å². The van der Waals surface area contributed by atoms with Crippen molar-refractivity contribution < 1.29 is 4.74 Å². The summed E-state index contributed by atoms with van der Waals surface area (Å²) in [5, 5.41) is 9.52. The van der Waals surface area contributed by atoms with E-state index in [2.05, 4.69) is 15.2 Å². The molecule has 0 amide bonds. The van der Waals surface area contributed by atoms with Crippen LogP contribution >= 0.6 is 0 Å². The minimum Gasteiger partial charge on any atom is -0.487 e. The SMILES string of the molecule is c1cc(OCc2ccncc2)c2nc(-c3nnc4ccccn34)ccc2c1. The van der Waals surface area contributed by atoms with Gasteiger partial charge in [-0.15, -0.1) is 10.2 Å². The fourth-order valence-electron chi connectivity index (χ4n) is 3.02. The molecule has 6 nitrogen and oxygen atoms in total. The van der Waals surface area contributed by atoms with E-state index in [9.17, 15) is 0 Å². The van der Waals surface area contributed by atoms with E-state index < -0.39 is 0 Å². The molecule has 0 aliphatic carbocycles. The Morgan fingerprint density at radius 1 is 0.852 bits per heavy atom. The molecule has 0 atom stereocenters. The average Bonchev–Trinajstić information content (AvgIpc) is 3.17. The first kappa shape index (κ1) is 15.5. The molecule has 0 aliphatic rings. The van der Waals surface area contributed by atoms with Crippen molar-refractivity contribution in [3.8, 4) is 17.3 Å². The smallest absolute Gasteiger partial charge is 0.187 e. The van der Waals surface area contributed by atoms with Gasteiger partial charge < -0.3 is 4.74 Å². The molecule has 0 unspecified atom stereocenters. The zero-order valence-electron chi connectivity index (χ0n) is 14.4. The van der Waals surface area contributed by atoms with E-state index in [0.29, 0.717) is 12.4 Å². The highest BCUT2D eigenvalue weighted by Gasteiger charge is 2.11. The molecule has 4 heterocycles. The van der Waals surface area contributed by atoms with Crippen LogP contribution in [0.4, 0.5) is 0 Å². The van der Waals surface area contributed by atoms with Crippen LogP contribution in [0.2, 0.25) is 0 Å². The summed E-state index contributed by atoms with van der Waals surface area (Å²) >= 11 is 0. The van der Waals surface area contributed by atoms with Crippen molar-refractivity contribution in [1.82, 2.24) is 24.6 Å². The molecule has 130 valence electrons. The molecule has 1 aromatic carbocycles. The third kappa shape index (κ3) is 2.87. The standard InChI is InChI=1S/C21H15N5O/c1-2-13-26-19(6-1)24-25-21(26)17-8-7-16-4-3-5-18(20(16)23-17)27-14-15-9-11-22-12-10-15/h1-13H,14H2. The molecule has 0 N–H and O–H groups in total. The lowest BCUT2D eigenvalue weighted by Crippen LogP contribution is -1.98. The molecular weight excluding hydrogens is 338 g/mol. The average molecular weight is 353 g/mol. The summed E-state index contributed by atoms with van der Waals surface area (Å²) in [6.07, 6.45) is 5.45. The normalized spacial score (nSPS) is 11.1. The van der Waals surface area contributed by atoms with Gasteiger partial charge in [-0.2, -0.15) is 0 Å². The van der Waals surface area contributed by atoms with Gasteiger partial charge in [-0.25, -0.2) is 4.98 Å². The number of ether oxygens (including phenoxy) is 1. The van der Waals surface area contributed by atoms with Gasteiger partial charge in [0, 0.05) is 24.0 Å². The minimum atomic E-state index is 0.460. The first-order valence-electron chi connectivity index (χ1n) is 8.60. The number of hydrogen-bond acceptors (Lipinski definition) is 5. The molecular formula is C21H15N5O. The topological polar surface area (TPSA) is 65.2 Å². The van der Waals surface area contributed by atoms with Crippen LogP contribution in [0.5, 0.6) is 5.75 Å². The number of pyridine rings is 3. The number of aromatic nitrogens is 5. The van der Waals surface area contributed by atoms with E-state index >= 15 is 0 Å². The van der Waals surface area contributed by atoms with E-state index in [-0.39, 0.29) is 0 Å². The molecule has 0 saturated heterocycles. The Bertz CT molecular complexity index is 1230. The van der Waals surface area contributed by atoms with Crippen molar-refractivity contribution in [3.63, 3.8) is 0 Å². The lowest BCUT2D eigenvalue weighted by Gasteiger charge is -2.09. The van der Waals surface area contributed by atoms with Crippen molar-refractivity contribution >= 4 is 16.6 Å². The Morgan fingerprint density at radius 3 is 2.70 bits per heavy atom. The molecule has 0 radical (unpaired) electrons. The van der Waals surface area contributed by atoms with Gasteiger partial charge in [0.15, 0.2) is 11.5 Å². The quantitative estimate of drug-likeness (QED) is 0.490. The minimum absolute atomic E-state index is 0.460. The highest BCUT2D eigenvalue weighted by Crippen LogP contribution is 2.27. The Labute approximate surface area is 155 Å². The van der Waals surface area contributed by atoms with Crippen LogP contribution in [-0.2, 0) is 6.61 Å². The predicted octanol–water partition coefficient (Wildman–Crippen LogP) is 3.92. The fourth-order valence-corrected chi connectivity index (χ4v) is 3.02. The molecule has 0 aliphatic heterocycles. The number of hydrogen-bond donors (Lipinski definition) is 0. The molecule has 5 rings (SSSR count). The lowest BCUT2D eigenvalue weighted by atomic mass is 10.2. The van der Waals surface area contributed by atoms with Gasteiger partial charge in [0.2, 0.25) is 0 Å². The second-order valence-corrected chi connectivity index (χ2v) is 6.12. The van der Waals surface area contributed by atoms with Gasteiger partial charge in [-0.3, -0.25) is 9.38 Å². The maximum Gasteiger partial charge on any atom is 0.187 e. The second kappa shape index (κ2) is 6.49. The van der Waals surface area contributed by atoms with E-state index in [1.54, 1.807) is 12.4 Å². The summed E-state index contributed by atoms with van der Waals surface area (Å²) in [5.41, 5.74) is 3.40. The Hall–Kier alpha value is -3.80. The highest BCUT2D eigenvalue weighted by molar-refractivity contribution is 5.86. The van der Waals surface area contributed by atoms with Gasteiger partial charge in [0.05, 0.1) is 0 Å². The third-order valence-electron chi connectivity index (χ3n) is 4.37. The molecule has 0 bridgehead atoms. The van der Waals surface area contributed by atoms with Crippen LogP contribution < -0.4 is 4.74 Å². The molecule has 27 heavy (non-hydrogen) atoms. The summed E-state index contributed by atoms with van der Waals surface area (Å²) in [7, 11) is 0. The number of rotatable bonds is 4. The van der Waals surface area contributed by atoms with Gasteiger partial charge in [0.1, 0.15) is 23.6 Å². The Balaban J connectivity index is 1.56. The molecule has 5 aromatic rings. The summed E-state index contributed by atoms with van der Waals surface area (Å²) in [6.45, 7) is 0.460. The molecule has 4 aromatic heterocycles. The van der Waals surface area contributed by atoms with Crippen LogP contribution in [0.1, 0.15) is 5.56 Å². The van der Waals surface area contributed by atoms with Crippen molar-refractivity contribution in [2.45, 2.75) is 6.61 Å². The molecule has 0 fully saturated rings. The highest BCUT2D eigenvalue weighted by atomic mass is 16.5. The number of benzene rings is 1. The summed E-state index contributed by atoms with van der Waals surface area (Å²) in [4.78, 5) is 8.85. The number of fused-ring (bicyclic) bond motifs is 2. The van der Waals surface area contributed by atoms with Gasteiger partial charge in [0.25, 0.3) is 0 Å². The van der Waals surface area contributed by atoms with Crippen LogP contribution in [0, 0.1) is 0 Å². The van der Waals surface area contributed by atoms with Crippen molar-refractivity contribution in [2.24, 2.45) is 0 Å². The van der Waals surface area contributed by atoms with E-state index in [1.807, 2.05) is 71.3 Å². The van der Waals surface area contributed by atoms with Crippen molar-refractivity contribution in [2.75, 3.05) is 0 Å². The molecule has 6 heteroatoms. The first-order valence-corrected chi connectivity index (χ1v) is 8.60. The molecule has 0 spiro atoms. The third-order valence-corrected chi connectivity index (χ3v) is 4.37. The monoisotopic (exact) mass is 353 g/mol. The number of nitrogens with zero attached hydrogens (tertiary/aromatic N) is 5. The molecule has 0 saturated carbocycles. The predicted molar refractivity (Wildman–Crippen MR) is 102 cm³/mol. The van der Waals surface area contributed by atoms with Gasteiger partial charge >= 0.3 is 0 Å². The zero-order valence-corrected chi connectivity index (χ0v) is 14.4. The lowest BCUT2D eigenvalue weighted by molar-refractivity contribution is 0.309. The number of para-hydroxylation sites is 1. The largest absolute Gasteiger partial charge is 0.487 e. The summed E-state index contributed by atoms with van der Waals surface area (Å²) in [6, 6.07) is 19.6. The van der Waals surface area contributed by atoms with Crippen LogP contribution in [0.25, 0.3) is 28.1 Å². The van der Waals surface area contributed by atoms with Crippen LogP contribution in [0.15, 0.2) is 79.3 Å². The van der Waals surface area contributed by atoms with Crippen LogP contribution in [-0.4, -0.2) is 24.6 Å². The van der Waals surface area contributed by atoms with Gasteiger partial charge in [-0.1, -0.05) is 24.3 Å². The van der Waals surface area contributed by atoms with Crippen molar-refractivity contribution in [3.05, 3.63) is 84.8 Å². The van der Waals surface area contributed by atoms with Crippen LogP contribution in [0.3, 0.4) is 0 Å².